The summed E-state index contributed by atoms with van der Waals surface area (Å²) in [6, 6.07) is 0. The van der Waals surface area contributed by atoms with Gasteiger partial charge in [0.2, 0.25) is 0 Å². The monoisotopic (exact) mass is 128 g/mol. The van der Waals surface area contributed by atoms with Crippen LogP contribution in [0.15, 0.2) is 0 Å². The molecular formula is C6H14FNa. The summed E-state index contributed by atoms with van der Waals surface area (Å²) in [5.74, 6) is 0. The van der Waals surface area contributed by atoms with E-state index >= 15 is 0 Å². The first-order valence-corrected chi connectivity index (χ1v) is 2.91. The second-order valence-electron chi connectivity index (χ2n) is 1.71. The average Bonchev–Trinajstić information content (AvgIpc) is 1.61. The first-order chi connectivity index (χ1) is 2.91. The molecule has 0 aromatic rings. The molecule has 0 amide bonds. The van der Waals surface area contributed by atoms with Gasteiger partial charge in [-0.3, -0.25) is 0 Å². The van der Waals surface area contributed by atoms with E-state index in [1.807, 2.05) is 0 Å². The molecule has 0 saturated carbocycles. The predicted molar refractivity (Wildman–Crippen MR) is 29.8 cm³/mol. The standard InChI is InChI=1S/C6H14.FH.Na/c1-3-5-6-4-2;;/h3-6H2,1-2H3;1H;/q;;+1/p-1. The molecule has 0 nitrogen and oxygen atoms in total. The molecule has 0 spiro atoms. The Balaban J connectivity index is -0.000000125. The Morgan fingerprint density at radius 3 is 1.25 bits per heavy atom. The molecule has 0 N–H and O–H groups in total. The van der Waals surface area contributed by atoms with E-state index in [2.05, 4.69) is 13.8 Å². The Kier molecular flexibility index (Phi) is 31.3. The molecule has 0 fully saturated rings. The molecule has 0 aromatic heterocycles. The zero-order valence-electron chi connectivity index (χ0n) is 6.21. The number of hydrogen-bond acceptors (Lipinski definition) is 0. The van der Waals surface area contributed by atoms with Crippen LogP contribution in [0.4, 0.5) is 0 Å². The van der Waals surface area contributed by atoms with Crippen molar-refractivity contribution in [1.82, 2.24) is 0 Å². The minimum Gasteiger partial charge on any atom is -1.00 e. The zero-order chi connectivity index (χ0) is 4.83. The van der Waals surface area contributed by atoms with E-state index in [9.17, 15) is 0 Å². The van der Waals surface area contributed by atoms with Gasteiger partial charge in [0.25, 0.3) is 0 Å². The minimum absolute atomic E-state index is 0. The van der Waals surface area contributed by atoms with Crippen LogP contribution in [0.5, 0.6) is 0 Å². The molecule has 0 rings (SSSR count). The van der Waals surface area contributed by atoms with Crippen LogP contribution in [0.25, 0.3) is 0 Å². The average molecular weight is 128 g/mol. The van der Waals surface area contributed by atoms with Crippen molar-refractivity contribution in [3.63, 3.8) is 0 Å². The molecule has 2 heteroatoms. The van der Waals surface area contributed by atoms with Crippen molar-refractivity contribution < 1.29 is 34.3 Å². The summed E-state index contributed by atoms with van der Waals surface area (Å²) in [5.41, 5.74) is 0. The Bertz CT molecular complexity index is 20.5. The maximum Gasteiger partial charge on any atom is 1.00 e. The summed E-state index contributed by atoms with van der Waals surface area (Å²) < 4.78 is 0. The van der Waals surface area contributed by atoms with Crippen LogP contribution in [0.2, 0.25) is 0 Å². The quantitative estimate of drug-likeness (QED) is 0.274. The van der Waals surface area contributed by atoms with Crippen LogP contribution in [-0.2, 0) is 0 Å². The third kappa shape index (κ3) is 15.8. The normalized spacial score (nSPS) is 6.75. The molecule has 0 bridgehead atoms. The van der Waals surface area contributed by atoms with Crippen LogP contribution in [0, 0.1) is 0 Å². The van der Waals surface area contributed by atoms with Gasteiger partial charge in [-0.2, -0.15) is 0 Å². The smallest absolute Gasteiger partial charge is 1.00 e. The van der Waals surface area contributed by atoms with Crippen molar-refractivity contribution in [1.29, 1.82) is 0 Å². The van der Waals surface area contributed by atoms with Gasteiger partial charge >= 0.3 is 29.6 Å². The van der Waals surface area contributed by atoms with Crippen molar-refractivity contribution >= 4 is 0 Å². The first-order valence-electron chi connectivity index (χ1n) is 2.91. The number of rotatable bonds is 3. The SMILES string of the molecule is CCCCCC.[F-].[Na+]. The minimum atomic E-state index is 0. The van der Waals surface area contributed by atoms with Gasteiger partial charge < -0.3 is 4.70 Å². The third-order valence-electron chi connectivity index (χ3n) is 0.957. The number of unbranched alkanes of at least 4 members (excludes halogenated alkanes) is 3. The van der Waals surface area contributed by atoms with Crippen molar-refractivity contribution in [2.75, 3.05) is 0 Å². The van der Waals surface area contributed by atoms with Crippen molar-refractivity contribution in [2.45, 2.75) is 39.5 Å². The van der Waals surface area contributed by atoms with E-state index in [-0.39, 0.29) is 34.3 Å². The molecule has 0 unspecified atom stereocenters. The number of halogens is 1. The zero-order valence-corrected chi connectivity index (χ0v) is 8.21. The molecule has 0 aromatic carbocycles. The van der Waals surface area contributed by atoms with E-state index < -0.39 is 0 Å². The van der Waals surface area contributed by atoms with Crippen molar-refractivity contribution in [3.8, 4) is 0 Å². The fourth-order valence-corrected chi connectivity index (χ4v) is 0.500. The summed E-state index contributed by atoms with van der Waals surface area (Å²) in [5, 5.41) is 0. The maximum absolute atomic E-state index is 2.23. The summed E-state index contributed by atoms with van der Waals surface area (Å²) >= 11 is 0. The Labute approximate surface area is 73.7 Å². The largest absolute Gasteiger partial charge is 1.00 e. The van der Waals surface area contributed by atoms with Crippen LogP contribution in [0.3, 0.4) is 0 Å². The molecule has 0 atom stereocenters. The van der Waals surface area contributed by atoms with E-state index in [1.54, 1.807) is 0 Å². The molecule has 0 aliphatic heterocycles. The fraction of sp³-hybridized carbons (Fsp3) is 1.00. The summed E-state index contributed by atoms with van der Waals surface area (Å²) in [4.78, 5) is 0. The van der Waals surface area contributed by atoms with Gasteiger partial charge in [-0.05, 0) is 0 Å². The summed E-state index contributed by atoms with van der Waals surface area (Å²) in [7, 11) is 0. The van der Waals surface area contributed by atoms with Crippen molar-refractivity contribution in [3.05, 3.63) is 0 Å². The van der Waals surface area contributed by atoms with Gasteiger partial charge in [0.05, 0.1) is 0 Å². The maximum atomic E-state index is 2.23. The van der Waals surface area contributed by atoms with E-state index in [0.29, 0.717) is 0 Å². The molecule has 0 aliphatic carbocycles. The van der Waals surface area contributed by atoms with Crippen LogP contribution in [-0.4, -0.2) is 0 Å². The fourth-order valence-electron chi connectivity index (χ4n) is 0.500. The van der Waals surface area contributed by atoms with Gasteiger partial charge in [-0.1, -0.05) is 39.5 Å². The number of hydrogen-bond donors (Lipinski definition) is 0. The Hall–Kier alpha value is 0.930. The molecule has 0 radical (unpaired) electrons. The van der Waals surface area contributed by atoms with E-state index in [1.165, 1.54) is 25.7 Å². The molecule has 8 heavy (non-hydrogen) atoms. The third-order valence-corrected chi connectivity index (χ3v) is 0.957. The molecule has 0 saturated heterocycles. The first kappa shape index (κ1) is 16.0. The van der Waals surface area contributed by atoms with Crippen molar-refractivity contribution in [2.24, 2.45) is 0 Å². The molecule has 0 heterocycles. The van der Waals surface area contributed by atoms with E-state index in [4.69, 9.17) is 0 Å². The van der Waals surface area contributed by atoms with Crippen LogP contribution < -0.4 is 34.3 Å². The van der Waals surface area contributed by atoms with Crippen LogP contribution >= 0.6 is 0 Å². The van der Waals surface area contributed by atoms with Gasteiger partial charge in [-0.25, -0.2) is 0 Å². The molecular weight excluding hydrogens is 114 g/mol. The van der Waals surface area contributed by atoms with Gasteiger partial charge in [-0.15, -0.1) is 0 Å². The van der Waals surface area contributed by atoms with Gasteiger partial charge in [0, 0.05) is 0 Å². The van der Waals surface area contributed by atoms with Gasteiger partial charge in [0.15, 0.2) is 0 Å². The molecule has 0 aliphatic rings. The summed E-state index contributed by atoms with van der Waals surface area (Å²) in [6.07, 6.45) is 5.54. The Morgan fingerprint density at radius 1 is 0.875 bits per heavy atom. The van der Waals surface area contributed by atoms with Gasteiger partial charge in [0.1, 0.15) is 0 Å². The van der Waals surface area contributed by atoms with E-state index in [0.717, 1.165) is 0 Å². The summed E-state index contributed by atoms with van der Waals surface area (Å²) in [6.45, 7) is 4.46. The second kappa shape index (κ2) is 15.7. The van der Waals surface area contributed by atoms with Crippen LogP contribution in [0.1, 0.15) is 39.5 Å². The molecule has 46 valence electrons. The topological polar surface area (TPSA) is 0 Å². The Morgan fingerprint density at radius 2 is 1.12 bits per heavy atom. The second-order valence-corrected chi connectivity index (χ2v) is 1.71. The predicted octanol–water partition coefficient (Wildman–Crippen LogP) is -3.41.